The Morgan fingerprint density at radius 1 is 1.53 bits per heavy atom. The molecule has 0 aliphatic rings. The van der Waals surface area contributed by atoms with Gasteiger partial charge < -0.3 is 10.1 Å². The van der Waals surface area contributed by atoms with Gasteiger partial charge in [0.2, 0.25) is 0 Å². The van der Waals surface area contributed by atoms with Gasteiger partial charge in [-0.3, -0.25) is 4.79 Å². The van der Waals surface area contributed by atoms with E-state index in [4.69, 9.17) is 5.11 Å². The van der Waals surface area contributed by atoms with Crippen LogP contribution in [0, 0.1) is 6.92 Å². The van der Waals surface area contributed by atoms with Gasteiger partial charge in [0.25, 0.3) is 5.56 Å². The third-order valence-electron chi connectivity index (χ3n) is 2.74. The van der Waals surface area contributed by atoms with Crippen LogP contribution < -0.4 is 5.56 Å². The van der Waals surface area contributed by atoms with Crippen LogP contribution in [0.2, 0.25) is 0 Å². The van der Waals surface area contributed by atoms with Crippen LogP contribution in [0.4, 0.5) is 0 Å². The van der Waals surface area contributed by atoms with Crippen LogP contribution in [0.15, 0.2) is 22.6 Å². The second-order valence-corrected chi connectivity index (χ2v) is 4.80. The Morgan fingerprint density at radius 3 is 3.05 bits per heavy atom. The Kier molecular flexibility index (Phi) is 2.46. The van der Waals surface area contributed by atoms with Crippen molar-refractivity contribution in [1.29, 1.82) is 0 Å². The summed E-state index contributed by atoms with van der Waals surface area (Å²) in [5.74, 6) is -1.01. The Balaban J connectivity index is 2.30. The third-order valence-corrected chi connectivity index (χ3v) is 3.63. The molecule has 0 aromatic carbocycles. The number of carbonyl (C=O) groups is 1. The SMILES string of the molecule is Cc1c(C(=O)O)nc(-c2cnn3ccsc23)[nH]c1=O. The summed E-state index contributed by atoms with van der Waals surface area (Å²) in [7, 11) is 0. The largest absolute Gasteiger partial charge is 0.476 e. The van der Waals surface area contributed by atoms with Crippen molar-refractivity contribution in [2.75, 3.05) is 0 Å². The lowest BCUT2D eigenvalue weighted by atomic mass is 10.2. The van der Waals surface area contributed by atoms with Crippen LogP contribution in [0.25, 0.3) is 16.2 Å². The normalized spacial score (nSPS) is 11.0. The zero-order chi connectivity index (χ0) is 13.6. The molecule has 0 unspecified atom stereocenters. The summed E-state index contributed by atoms with van der Waals surface area (Å²) in [5, 5.41) is 15.0. The molecular formula is C11H8N4O3S. The van der Waals surface area contributed by atoms with Crippen molar-refractivity contribution in [3.05, 3.63) is 39.4 Å². The Labute approximate surface area is 110 Å². The quantitative estimate of drug-likeness (QED) is 0.731. The van der Waals surface area contributed by atoms with E-state index in [1.165, 1.54) is 18.3 Å². The number of thiazole rings is 1. The molecule has 3 aromatic rings. The fourth-order valence-corrected chi connectivity index (χ4v) is 2.56. The molecule has 2 N–H and O–H groups in total. The van der Waals surface area contributed by atoms with Crippen LogP contribution in [-0.2, 0) is 0 Å². The number of nitrogens with one attached hydrogen (secondary N) is 1. The van der Waals surface area contributed by atoms with Crippen molar-refractivity contribution in [3.8, 4) is 11.4 Å². The second-order valence-electron chi connectivity index (χ2n) is 3.90. The topological polar surface area (TPSA) is 100 Å². The molecule has 0 saturated heterocycles. The van der Waals surface area contributed by atoms with Crippen molar-refractivity contribution in [1.82, 2.24) is 19.6 Å². The molecule has 3 heterocycles. The summed E-state index contributed by atoms with van der Waals surface area (Å²) in [6, 6.07) is 0. The van der Waals surface area contributed by atoms with Crippen LogP contribution in [0.5, 0.6) is 0 Å². The number of hydrogen-bond acceptors (Lipinski definition) is 5. The highest BCUT2D eigenvalue weighted by Crippen LogP contribution is 2.24. The van der Waals surface area contributed by atoms with E-state index in [2.05, 4.69) is 15.1 Å². The van der Waals surface area contributed by atoms with E-state index in [0.717, 1.165) is 4.83 Å². The van der Waals surface area contributed by atoms with Crippen LogP contribution >= 0.6 is 11.3 Å². The predicted molar refractivity (Wildman–Crippen MR) is 68.6 cm³/mol. The molecule has 0 radical (unpaired) electrons. The lowest BCUT2D eigenvalue weighted by Crippen LogP contribution is -2.18. The number of carboxylic acid groups (broad SMARTS) is 1. The molecule has 0 bridgehead atoms. The molecule has 0 fully saturated rings. The Morgan fingerprint density at radius 2 is 2.32 bits per heavy atom. The van der Waals surface area contributed by atoms with Crippen molar-refractivity contribution in [2.24, 2.45) is 0 Å². The van der Waals surface area contributed by atoms with Crippen LogP contribution in [0.3, 0.4) is 0 Å². The van der Waals surface area contributed by atoms with Gasteiger partial charge in [0.1, 0.15) is 10.7 Å². The number of rotatable bonds is 2. The number of fused-ring (bicyclic) bond motifs is 1. The monoisotopic (exact) mass is 276 g/mol. The van der Waals surface area contributed by atoms with Gasteiger partial charge >= 0.3 is 5.97 Å². The lowest BCUT2D eigenvalue weighted by Gasteiger charge is -2.02. The molecule has 0 atom stereocenters. The van der Waals surface area contributed by atoms with Gasteiger partial charge in [-0.2, -0.15) is 5.10 Å². The van der Waals surface area contributed by atoms with Gasteiger partial charge in [0.05, 0.1) is 11.8 Å². The number of carboxylic acids is 1. The second kappa shape index (κ2) is 4.02. The van der Waals surface area contributed by atoms with E-state index in [9.17, 15) is 9.59 Å². The molecule has 0 aliphatic heterocycles. The molecule has 96 valence electrons. The molecule has 8 heteroatoms. The van der Waals surface area contributed by atoms with E-state index >= 15 is 0 Å². The highest BCUT2D eigenvalue weighted by molar-refractivity contribution is 7.16. The average Bonchev–Trinajstić information content (AvgIpc) is 2.94. The number of aromatic carboxylic acids is 1. The summed E-state index contributed by atoms with van der Waals surface area (Å²) in [5.41, 5.74) is -0.00611. The number of hydrogen-bond donors (Lipinski definition) is 2. The smallest absolute Gasteiger partial charge is 0.355 e. The van der Waals surface area contributed by atoms with E-state index in [0.29, 0.717) is 5.56 Å². The Bertz CT molecular complexity index is 845. The fourth-order valence-electron chi connectivity index (χ4n) is 1.76. The fraction of sp³-hybridized carbons (Fsp3) is 0.0909. The summed E-state index contributed by atoms with van der Waals surface area (Å²) in [4.78, 5) is 30.2. The maximum Gasteiger partial charge on any atom is 0.355 e. The maximum atomic E-state index is 11.8. The highest BCUT2D eigenvalue weighted by atomic mass is 32.1. The first-order valence-electron chi connectivity index (χ1n) is 5.33. The van der Waals surface area contributed by atoms with Gasteiger partial charge in [-0.05, 0) is 6.92 Å². The highest BCUT2D eigenvalue weighted by Gasteiger charge is 2.17. The van der Waals surface area contributed by atoms with E-state index in [1.807, 2.05) is 5.38 Å². The molecule has 0 saturated carbocycles. The first kappa shape index (κ1) is 11.6. The van der Waals surface area contributed by atoms with Gasteiger partial charge in [-0.1, -0.05) is 0 Å². The van der Waals surface area contributed by atoms with Gasteiger partial charge in [0.15, 0.2) is 5.69 Å². The third kappa shape index (κ3) is 1.73. The van der Waals surface area contributed by atoms with Gasteiger partial charge in [-0.15, -0.1) is 11.3 Å². The minimum Gasteiger partial charge on any atom is -0.476 e. The first-order valence-corrected chi connectivity index (χ1v) is 6.21. The van der Waals surface area contributed by atoms with Gasteiger partial charge in [0, 0.05) is 17.1 Å². The number of H-pyrrole nitrogens is 1. The zero-order valence-electron chi connectivity index (χ0n) is 9.75. The van der Waals surface area contributed by atoms with Crippen LogP contribution in [-0.4, -0.2) is 30.7 Å². The first-order chi connectivity index (χ1) is 9.08. The number of aromatic amines is 1. The predicted octanol–water partition coefficient (Wildman–Crippen LogP) is 1.15. The van der Waals surface area contributed by atoms with Crippen molar-refractivity contribution in [3.63, 3.8) is 0 Å². The minimum absolute atomic E-state index is 0.0887. The molecule has 3 rings (SSSR count). The van der Waals surface area contributed by atoms with Crippen LogP contribution in [0.1, 0.15) is 16.1 Å². The van der Waals surface area contributed by atoms with Crippen molar-refractivity contribution in [2.45, 2.75) is 6.92 Å². The molecule has 7 nitrogen and oxygen atoms in total. The van der Waals surface area contributed by atoms with Crippen molar-refractivity contribution < 1.29 is 9.90 Å². The number of nitrogens with zero attached hydrogens (tertiary/aromatic N) is 3. The summed E-state index contributed by atoms with van der Waals surface area (Å²) < 4.78 is 1.64. The minimum atomic E-state index is -1.22. The standard InChI is InChI=1S/C11H8N4O3S/c1-5-7(11(17)18)13-8(14-9(5)16)6-4-12-15-2-3-19-10(6)15/h2-4H,1H3,(H,17,18)(H,13,14,16). The molecular weight excluding hydrogens is 268 g/mol. The summed E-state index contributed by atoms with van der Waals surface area (Å²) in [6.07, 6.45) is 3.32. The molecule has 0 amide bonds. The van der Waals surface area contributed by atoms with E-state index in [1.54, 1.807) is 16.9 Å². The molecule has 0 aliphatic carbocycles. The summed E-state index contributed by atoms with van der Waals surface area (Å²) in [6.45, 7) is 1.43. The molecule has 3 aromatic heterocycles. The lowest BCUT2D eigenvalue weighted by molar-refractivity contribution is 0.0689. The summed E-state index contributed by atoms with van der Waals surface area (Å²) >= 11 is 1.43. The number of aromatic nitrogens is 4. The zero-order valence-corrected chi connectivity index (χ0v) is 10.6. The van der Waals surface area contributed by atoms with Crippen molar-refractivity contribution >= 4 is 22.1 Å². The van der Waals surface area contributed by atoms with E-state index in [-0.39, 0.29) is 17.1 Å². The molecule has 0 spiro atoms. The Hall–Kier alpha value is -2.48. The maximum absolute atomic E-state index is 11.8. The van der Waals surface area contributed by atoms with E-state index < -0.39 is 11.5 Å². The van der Waals surface area contributed by atoms with Gasteiger partial charge in [-0.25, -0.2) is 14.3 Å². The average molecular weight is 276 g/mol. The molecule has 19 heavy (non-hydrogen) atoms.